The molecule has 20 heavy (non-hydrogen) atoms. The van der Waals surface area contributed by atoms with Crippen LogP contribution >= 0.6 is 27.5 Å². The molecule has 1 aliphatic rings. The Morgan fingerprint density at radius 3 is 2.75 bits per heavy atom. The average molecular weight is 385 g/mol. The van der Waals surface area contributed by atoms with Crippen LogP contribution in [0, 0.1) is 17.7 Å². The topological polar surface area (TPSA) is 46.2 Å². The van der Waals surface area contributed by atoms with Crippen LogP contribution in [0.4, 0.5) is 4.39 Å². The van der Waals surface area contributed by atoms with Gasteiger partial charge in [0.15, 0.2) is 0 Å². The van der Waals surface area contributed by atoms with Gasteiger partial charge in [0.2, 0.25) is 10.0 Å². The zero-order valence-corrected chi connectivity index (χ0v) is 13.9. The molecule has 0 amide bonds. The second kappa shape index (κ2) is 6.73. The van der Waals surface area contributed by atoms with Gasteiger partial charge in [-0.3, -0.25) is 0 Å². The van der Waals surface area contributed by atoms with Crippen molar-refractivity contribution < 1.29 is 12.8 Å². The number of alkyl halides is 1. The summed E-state index contributed by atoms with van der Waals surface area (Å²) in [4.78, 5) is -0.201. The molecule has 0 spiro atoms. The maximum Gasteiger partial charge on any atom is 0.242 e. The Labute approximate surface area is 132 Å². The zero-order valence-electron chi connectivity index (χ0n) is 10.8. The predicted molar refractivity (Wildman–Crippen MR) is 81.2 cm³/mol. The molecule has 112 valence electrons. The van der Waals surface area contributed by atoms with Gasteiger partial charge < -0.3 is 0 Å². The van der Waals surface area contributed by atoms with Crippen molar-refractivity contribution in [3.8, 4) is 0 Å². The molecule has 0 heterocycles. The highest BCUT2D eigenvalue weighted by Crippen LogP contribution is 2.33. The number of hydrogen-bond donors (Lipinski definition) is 1. The third-order valence-electron chi connectivity index (χ3n) is 3.73. The van der Waals surface area contributed by atoms with Gasteiger partial charge in [-0.25, -0.2) is 17.5 Å². The van der Waals surface area contributed by atoms with E-state index in [-0.39, 0.29) is 9.92 Å². The van der Waals surface area contributed by atoms with E-state index < -0.39 is 15.8 Å². The molecule has 1 aliphatic carbocycles. The SMILES string of the molecule is O=S(=O)(NCC1CCCC1CBr)c1cc(F)ccc1Cl. The maximum absolute atomic E-state index is 13.2. The molecule has 2 atom stereocenters. The van der Waals surface area contributed by atoms with Crippen LogP contribution in [0.1, 0.15) is 19.3 Å². The lowest BCUT2D eigenvalue weighted by atomic mass is 9.99. The fraction of sp³-hybridized carbons (Fsp3) is 0.538. The highest BCUT2D eigenvalue weighted by Gasteiger charge is 2.28. The largest absolute Gasteiger partial charge is 0.242 e. The third-order valence-corrected chi connectivity index (χ3v) is 6.47. The monoisotopic (exact) mass is 383 g/mol. The van der Waals surface area contributed by atoms with Crippen molar-refractivity contribution in [3.63, 3.8) is 0 Å². The molecule has 2 rings (SSSR count). The van der Waals surface area contributed by atoms with Crippen LogP contribution in [-0.4, -0.2) is 20.3 Å². The van der Waals surface area contributed by atoms with Gasteiger partial charge in [0.05, 0.1) is 5.02 Å². The first kappa shape index (κ1) is 16.2. The second-order valence-corrected chi connectivity index (χ2v) is 7.82. The highest BCUT2D eigenvalue weighted by molar-refractivity contribution is 9.09. The van der Waals surface area contributed by atoms with Crippen molar-refractivity contribution in [1.82, 2.24) is 4.72 Å². The first-order chi connectivity index (χ1) is 9.44. The minimum atomic E-state index is -3.77. The molecule has 1 N–H and O–H groups in total. The van der Waals surface area contributed by atoms with E-state index in [4.69, 9.17) is 11.6 Å². The molecule has 1 aromatic carbocycles. The van der Waals surface area contributed by atoms with Crippen molar-refractivity contribution in [2.45, 2.75) is 24.2 Å². The van der Waals surface area contributed by atoms with Crippen molar-refractivity contribution in [3.05, 3.63) is 29.0 Å². The Bertz CT molecular complexity index is 582. The van der Waals surface area contributed by atoms with Crippen molar-refractivity contribution in [2.24, 2.45) is 11.8 Å². The Hall–Kier alpha value is -0.170. The summed E-state index contributed by atoms with van der Waals surface area (Å²) in [6.45, 7) is 0.367. The summed E-state index contributed by atoms with van der Waals surface area (Å²) >= 11 is 9.29. The van der Waals surface area contributed by atoms with E-state index in [1.165, 1.54) is 6.07 Å². The zero-order chi connectivity index (χ0) is 14.8. The molecule has 1 fully saturated rings. The summed E-state index contributed by atoms with van der Waals surface area (Å²) in [6.07, 6.45) is 3.23. The molecule has 3 nitrogen and oxygen atoms in total. The highest BCUT2D eigenvalue weighted by atomic mass is 79.9. The van der Waals surface area contributed by atoms with E-state index in [2.05, 4.69) is 20.7 Å². The summed E-state index contributed by atoms with van der Waals surface area (Å²) in [5.74, 6) is 0.186. The van der Waals surface area contributed by atoms with Gasteiger partial charge in [-0.2, -0.15) is 0 Å². The van der Waals surface area contributed by atoms with E-state index in [0.29, 0.717) is 18.4 Å². The molecule has 0 radical (unpaired) electrons. The lowest BCUT2D eigenvalue weighted by molar-refractivity contribution is 0.422. The first-order valence-electron chi connectivity index (χ1n) is 6.44. The Kier molecular flexibility index (Phi) is 5.45. The summed E-state index contributed by atoms with van der Waals surface area (Å²) in [5.41, 5.74) is 0. The lowest BCUT2D eigenvalue weighted by Gasteiger charge is -2.18. The number of hydrogen-bond acceptors (Lipinski definition) is 2. The van der Waals surface area contributed by atoms with Gasteiger partial charge in [0.25, 0.3) is 0 Å². The Morgan fingerprint density at radius 2 is 2.05 bits per heavy atom. The summed E-state index contributed by atoms with van der Waals surface area (Å²) < 4.78 is 40.1. The number of sulfonamides is 1. The van der Waals surface area contributed by atoms with Gasteiger partial charge in [-0.1, -0.05) is 34.0 Å². The van der Waals surface area contributed by atoms with Crippen LogP contribution < -0.4 is 4.72 Å². The van der Waals surface area contributed by atoms with Crippen LogP contribution in [0.3, 0.4) is 0 Å². The summed E-state index contributed by atoms with van der Waals surface area (Å²) in [6, 6.07) is 3.34. The van der Waals surface area contributed by atoms with Crippen LogP contribution in [-0.2, 0) is 10.0 Å². The Balaban J connectivity index is 2.09. The van der Waals surface area contributed by atoms with Crippen LogP contribution in [0.15, 0.2) is 23.1 Å². The molecule has 0 aromatic heterocycles. The van der Waals surface area contributed by atoms with E-state index in [0.717, 1.165) is 36.7 Å². The maximum atomic E-state index is 13.2. The number of rotatable bonds is 5. The number of halogens is 3. The minimum absolute atomic E-state index is 0.0300. The minimum Gasteiger partial charge on any atom is -0.211 e. The molecule has 2 unspecified atom stereocenters. The Morgan fingerprint density at radius 1 is 1.35 bits per heavy atom. The normalized spacial score (nSPS) is 23.1. The van der Waals surface area contributed by atoms with Crippen LogP contribution in [0.5, 0.6) is 0 Å². The van der Waals surface area contributed by atoms with Gasteiger partial charge in [0.1, 0.15) is 10.7 Å². The van der Waals surface area contributed by atoms with E-state index >= 15 is 0 Å². The van der Waals surface area contributed by atoms with Crippen LogP contribution in [0.2, 0.25) is 5.02 Å². The van der Waals surface area contributed by atoms with E-state index in [1.54, 1.807) is 0 Å². The smallest absolute Gasteiger partial charge is 0.211 e. The molecular weight excluding hydrogens is 369 g/mol. The molecular formula is C13H16BrClFNO2S. The predicted octanol–water partition coefficient (Wildman–Crippen LogP) is 3.57. The summed E-state index contributed by atoms with van der Waals surface area (Å²) in [5, 5.41) is 0.905. The molecule has 0 aliphatic heterocycles. The molecule has 1 aromatic rings. The molecule has 1 saturated carbocycles. The van der Waals surface area contributed by atoms with Gasteiger partial charge >= 0.3 is 0 Å². The number of nitrogens with one attached hydrogen (secondary N) is 1. The van der Waals surface area contributed by atoms with E-state index in [1.807, 2.05) is 0 Å². The molecule has 0 bridgehead atoms. The van der Waals surface area contributed by atoms with Crippen LogP contribution in [0.25, 0.3) is 0 Å². The fourth-order valence-corrected chi connectivity index (χ4v) is 5.02. The number of benzene rings is 1. The fourth-order valence-electron chi connectivity index (χ4n) is 2.56. The van der Waals surface area contributed by atoms with Gasteiger partial charge in [-0.15, -0.1) is 0 Å². The van der Waals surface area contributed by atoms with Crippen molar-refractivity contribution in [2.75, 3.05) is 11.9 Å². The quantitative estimate of drug-likeness (QED) is 0.789. The third kappa shape index (κ3) is 3.72. The van der Waals surface area contributed by atoms with Gasteiger partial charge in [-0.05, 0) is 42.9 Å². The average Bonchev–Trinajstić information content (AvgIpc) is 2.86. The first-order valence-corrected chi connectivity index (χ1v) is 9.43. The lowest BCUT2D eigenvalue weighted by Crippen LogP contribution is -2.31. The second-order valence-electron chi connectivity index (χ2n) is 5.03. The van der Waals surface area contributed by atoms with Crippen molar-refractivity contribution in [1.29, 1.82) is 0 Å². The standard InChI is InChI=1S/C13H16BrClFNO2S/c14-7-9-2-1-3-10(9)8-17-20(18,19)13-6-11(16)4-5-12(13)15/h4-6,9-10,17H,1-3,7-8H2. The molecule has 7 heteroatoms. The van der Waals surface area contributed by atoms with Crippen molar-refractivity contribution >= 4 is 37.6 Å². The summed E-state index contributed by atoms with van der Waals surface area (Å²) in [7, 11) is -3.77. The van der Waals surface area contributed by atoms with Gasteiger partial charge in [0, 0.05) is 11.9 Å². The van der Waals surface area contributed by atoms with E-state index in [9.17, 15) is 12.8 Å². The molecule has 0 saturated heterocycles.